The van der Waals surface area contributed by atoms with Crippen LogP contribution >= 0.6 is 0 Å². The number of carboxylic acids is 1. The first-order valence-electron chi connectivity index (χ1n) is 5.75. The molecule has 0 fully saturated rings. The summed E-state index contributed by atoms with van der Waals surface area (Å²) < 4.78 is 0. The molecule has 2 rings (SSSR count). The van der Waals surface area contributed by atoms with E-state index in [-0.39, 0.29) is 17.1 Å². The molecular weight excluding hydrogens is 260 g/mol. The van der Waals surface area contributed by atoms with Crippen molar-refractivity contribution in [2.45, 2.75) is 6.92 Å². The van der Waals surface area contributed by atoms with Crippen LogP contribution in [0.5, 0.6) is 0 Å². The Kier molecular flexibility index (Phi) is 3.90. The van der Waals surface area contributed by atoms with Gasteiger partial charge < -0.3 is 5.11 Å². The first-order valence-corrected chi connectivity index (χ1v) is 5.75. The number of aryl methyl sites for hydroxylation is 1. The van der Waals surface area contributed by atoms with E-state index in [1.54, 1.807) is 19.1 Å². The molecule has 0 bridgehead atoms. The van der Waals surface area contributed by atoms with Gasteiger partial charge >= 0.3 is 5.97 Å². The Bertz CT molecular complexity index is 704. The number of aromatic nitrogens is 2. The fraction of sp³-hybridized carbons (Fsp3) is 0.0769. The zero-order valence-corrected chi connectivity index (χ0v) is 10.6. The van der Waals surface area contributed by atoms with E-state index in [1.807, 2.05) is 0 Å². The summed E-state index contributed by atoms with van der Waals surface area (Å²) in [7, 11) is 0. The summed E-state index contributed by atoms with van der Waals surface area (Å²) in [6.07, 6.45) is 1.49. The molecule has 0 aliphatic carbocycles. The molecule has 0 saturated carbocycles. The normalized spacial score (nSPS) is 10.7. The molecule has 1 heterocycles. The monoisotopic (exact) mass is 272 g/mol. The molecule has 3 N–H and O–H groups in total. The number of anilines is 1. The van der Waals surface area contributed by atoms with Crippen molar-refractivity contribution < 1.29 is 9.90 Å². The van der Waals surface area contributed by atoms with Crippen LogP contribution in [0.2, 0.25) is 0 Å². The summed E-state index contributed by atoms with van der Waals surface area (Å²) in [4.78, 5) is 28.4. The smallest absolute Gasteiger partial charge is 0.335 e. The summed E-state index contributed by atoms with van der Waals surface area (Å²) in [6.45, 7) is 1.70. The molecule has 0 atom stereocenters. The number of carboxylic acid groups (broad SMARTS) is 1. The maximum atomic E-state index is 11.2. The van der Waals surface area contributed by atoms with E-state index >= 15 is 0 Å². The fourth-order valence-electron chi connectivity index (χ4n) is 1.51. The van der Waals surface area contributed by atoms with Gasteiger partial charge in [0.25, 0.3) is 5.56 Å². The number of nitrogens with one attached hydrogen (secondary N) is 2. The van der Waals surface area contributed by atoms with Crippen molar-refractivity contribution in [1.29, 1.82) is 0 Å². The molecule has 0 aliphatic rings. The molecule has 0 unspecified atom stereocenters. The van der Waals surface area contributed by atoms with Crippen molar-refractivity contribution in [3.8, 4) is 0 Å². The number of H-pyrrole nitrogens is 1. The van der Waals surface area contributed by atoms with Crippen LogP contribution in [0.25, 0.3) is 0 Å². The van der Waals surface area contributed by atoms with Crippen LogP contribution < -0.4 is 11.0 Å². The van der Waals surface area contributed by atoms with Crippen LogP contribution in [-0.2, 0) is 0 Å². The molecule has 2 aromatic rings. The average Bonchev–Trinajstić information content (AvgIpc) is 2.38. The Morgan fingerprint density at radius 2 is 2.10 bits per heavy atom. The number of hydrogen-bond donors (Lipinski definition) is 3. The minimum Gasteiger partial charge on any atom is -0.478 e. The van der Waals surface area contributed by atoms with E-state index in [2.05, 4.69) is 20.5 Å². The van der Waals surface area contributed by atoms with Gasteiger partial charge in [0.15, 0.2) is 0 Å². The minimum absolute atomic E-state index is 0.208. The molecule has 102 valence electrons. The Morgan fingerprint density at radius 3 is 2.70 bits per heavy atom. The van der Waals surface area contributed by atoms with Gasteiger partial charge in [-0.2, -0.15) is 5.10 Å². The van der Waals surface area contributed by atoms with E-state index in [9.17, 15) is 9.59 Å². The quantitative estimate of drug-likeness (QED) is 0.573. The van der Waals surface area contributed by atoms with Crippen LogP contribution in [0.3, 0.4) is 0 Å². The zero-order valence-electron chi connectivity index (χ0n) is 10.6. The van der Waals surface area contributed by atoms with Gasteiger partial charge in [0.05, 0.1) is 11.8 Å². The third-order valence-corrected chi connectivity index (χ3v) is 2.41. The van der Waals surface area contributed by atoms with Gasteiger partial charge in [-0.1, -0.05) is 12.1 Å². The third kappa shape index (κ3) is 3.52. The largest absolute Gasteiger partial charge is 0.478 e. The summed E-state index contributed by atoms with van der Waals surface area (Å²) >= 11 is 0. The first-order chi connectivity index (χ1) is 9.54. The fourth-order valence-corrected chi connectivity index (χ4v) is 1.51. The predicted octanol–water partition coefficient (Wildman–Crippen LogP) is 1.22. The van der Waals surface area contributed by atoms with Gasteiger partial charge in [0, 0.05) is 11.8 Å². The van der Waals surface area contributed by atoms with Gasteiger partial charge in [-0.05, 0) is 24.6 Å². The Balaban J connectivity index is 2.06. The highest BCUT2D eigenvalue weighted by molar-refractivity contribution is 5.89. The summed E-state index contributed by atoms with van der Waals surface area (Å²) in [5, 5.41) is 12.7. The van der Waals surface area contributed by atoms with E-state index in [0.29, 0.717) is 5.69 Å². The molecule has 0 aliphatic heterocycles. The molecule has 1 aromatic heterocycles. The molecule has 0 amide bonds. The van der Waals surface area contributed by atoms with Crippen molar-refractivity contribution in [2.24, 2.45) is 5.10 Å². The highest BCUT2D eigenvalue weighted by Crippen LogP contribution is 2.02. The van der Waals surface area contributed by atoms with Gasteiger partial charge in [-0.25, -0.2) is 15.2 Å². The second-order valence-corrected chi connectivity index (χ2v) is 4.03. The summed E-state index contributed by atoms with van der Waals surface area (Å²) in [6, 6.07) is 7.59. The van der Waals surface area contributed by atoms with Crippen LogP contribution in [-0.4, -0.2) is 27.3 Å². The molecule has 20 heavy (non-hydrogen) atoms. The van der Waals surface area contributed by atoms with Gasteiger partial charge in [0.2, 0.25) is 5.95 Å². The number of benzene rings is 1. The van der Waals surface area contributed by atoms with Crippen LogP contribution in [0, 0.1) is 6.92 Å². The van der Waals surface area contributed by atoms with Crippen molar-refractivity contribution in [3.63, 3.8) is 0 Å². The summed E-state index contributed by atoms with van der Waals surface area (Å²) in [5.74, 6) is -0.735. The third-order valence-electron chi connectivity index (χ3n) is 2.41. The standard InChI is InChI=1S/C13H12N4O3/c1-8-6-11(18)16-13(15-8)17-14-7-9-2-4-10(5-3-9)12(19)20/h2-7H,1H3,(H,19,20)(H2,15,16,17,18)/b14-7-. The van der Waals surface area contributed by atoms with Gasteiger partial charge in [0.1, 0.15) is 0 Å². The number of nitrogens with zero attached hydrogens (tertiary/aromatic N) is 2. The number of aromatic amines is 1. The number of carbonyl (C=O) groups is 1. The molecule has 1 aromatic carbocycles. The SMILES string of the molecule is Cc1cc(=O)[nH]c(N/N=C\c2ccc(C(=O)O)cc2)n1. The second-order valence-electron chi connectivity index (χ2n) is 4.03. The molecular formula is C13H12N4O3. The molecule has 7 heteroatoms. The molecule has 0 saturated heterocycles. The number of aromatic carboxylic acids is 1. The lowest BCUT2D eigenvalue weighted by atomic mass is 10.1. The van der Waals surface area contributed by atoms with E-state index in [1.165, 1.54) is 24.4 Å². The van der Waals surface area contributed by atoms with Crippen molar-refractivity contribution >= 4 is 18.1 Å². The van der Waals surface area contributed by atoms with Crippen molar-refractivity contribution in [2.75, 3.05) is 5.43 Å². The van der Waals surface area contributed by atoms with Crippen LogP contribution in [0.15, 0.2) is 40.2 Å². The second kappa shape index (κ2) is 5.79. The molecule has 0 spiro atoms. The van der Waals surface area contributed by atoms with Crippen molar-refractivity contribution in [1.82, 2.24) is 9.97 Å². The van der Waals surface area contributed by atoms with Crippen LogP contribution in [0.4, 0.5) is 5.95 Å². The first kappa shape index (κ1) is 13.5. The zero-order chi connectivity index (χ0) is 14.5. The van der Waals surface area contributed by atoms with E-state index in [4.69, 9.17) is 5.11 Å². The highest BCUT2D eigenvalue weighted by atomic mass is 16.4. The maximum absolute atomic E-state index is 11.2. The Morgan fingerprint density at radius 1 is 1.40 bits per heavy atom. The topological polar surface area (TPSA) is 107 Å². The van der Waals surface area contributed by atoms with Crippen LogP contribution in [0.1, 0.15) is 21.6 Å². The summed E-state index contributed by atoms with van der Waals surface area (Å²) in [5.41, 5.74) is 3.84. The number of hydrogen-bond acceptors (Lipinski definition) is 5. The lowest BCUT2D eigenvalue weighted by Gasteiger charge is -2.00. The Labute approximate surface area is 114 Å². The highest BCUT2D eigenvalue weighted by Gasteiger charge is 2.00. The molecule has 7 nitrogen and oxygen atoms in total. The average molecular weight is 272 g/mol. The predicted molar refractivity (Wildman–Crippen MR) is 74.2 cm³/mol. The van der Waals surface area contributed by atoms with E-state index in [0.717, 1.165) is 5.56 Å². The molecule has 0 radical (unpaired) electrons. The lowest BCUT2D eigenvalue weighted by Crippen LogP contribution is -2.10. The maximum Gasteiger partial charge on any atom is 0.335 e. The lowest BCUT2D eigenvalue weighted by molar-refractivity contribution is 0.0697. The Hall–Kier alpha value is -2.96. The van der Waals surface area contributed by atoms with Gasteiger partial charge in [-0.3, -0.25) is 9.78 Å². The number of rotatable bonds is 4. The van der Waals surface area contributed by atoms with E-state index < -0.39 is 5.97 Å². The van der Waals surface area contributed by atoms with Gasteiger partial charge in [-0.15, -0.1) is 0 Å². The number of hydrazone groups is 1. The minimum atomic E-state index is -0.979. The van der Waals surface area contributed by atoms with Crippen molar-refractivity contribution in [3.05, 3.63) is 57.5 Å².